The smallest absolute Gasteiger partial charge is 0.0738 e. The molecule has 6 heteroatoms. The number of hydrogen-bond acceptors (Lipinski definition) is 4. The van der Waals surface area contributed by atoms with E-state index in [0.717, 1.165) is 31.9 Å². The normalized spacial score (nSPS) is 25.7. The third-order valence-corrected chi connectivity index (χ3v) is 3.32. The third-order valence-electron chi connectivity index (χ3n) is 3.32. The molecule has 0 aromatic carbocycles. The molecule has 92 valence electrons. The molecule has 1 atom stereocenters. The highest BCUT2D eigenvalue weighted by molar-refractivity contribution is 5.85. The van der Waals surface area contributed by atoms with E-state index in [0.29, 0.717) is 5.41 Å². The Kier molecular flexibility index (Phi) is 4.29. The van der Waals surface area contributed by atoms with E-state index in [9.17, 15) is 0 Å². The van der Waals surface area contributed by atoms with Gasteiger partial charge in [0.05, 0.1) is 11.9 Å². The van der Waals surface area contributed by atoms with Crippen molar-refractivity contribution in [2.24, 2.45) is 18.2 Å². The van der Waals surface area contributed by atoms with Gasteiger partial charge in [-0.2, -0.15) is 0 Å². The Morgan fingerprint density at radius 1 is 1.56 bits per heavy atom. The van der Waals surface area contributed by atoms with Crippen LogP contribution < -0.4 is 5.73 Å². The summed E-state index contributed by atoms with van der Waals surface area (Å²) in [4.78, 5) is 2.42. The van der Waals surface area contributed by atoms with E-state index in [1.807, 2.05) is 17.9 Å². The largest absolute Gasteiger partial charge is 0.330 e. The van der Waals surface area contributed by atoms with Gasteiger partial charge in [0.2, 0.25) is 0 Å². The van der Waals surface area contributed by atoms with Gasteiger partial charge in [-0.3, -0.25) is 9.58 Å². The average Bonchev–Trinajstić information content (AvgIpc) is 2.77. The maximum Gasteiger partial charge on any atom is 0.0738 e. The lowest BCUT2D eigenvalue weighted by atomic mass is 9.90. The van der Waals surface area contributed by atoms with Gasteiger partial charge in [0, 0.05) is 20.1 Å². The number of nitrogens with two attached hydrogens (primary N) is 1. The SMILES string of the molecule is Cl.Cn1nncc1CN1CCC(C)(CN)C1. The summed E-state index contributed by atoms with van der Waals surface area (Å²) in [7, 11) is 1.93. The molecule has 1 fully saturated rings. The summed E-state index contributed by atoms with van der Waals surface area (Å²) >= 11 is 0. The van der Waals surface area contributed by atoms with Crippen LogP contribution in [0.3, 0.4) is 0 Å². The van der Waals surface area contributed by atoms with Crippen molar-refractivity contribution in [3.63, 3.8) is 0 Å². The zero-order valence-electron chi connectivity index (χ0n) is 9.89. The fourth-order valence-corrected chi connectivity index (χ4v) is 2.11. The molecule has 2 heterocycles. The maximum atomic E-state index is 5.78. The fraction of sp³-hybridized carbons (Fsp3) is 0.800. The van der Waals surface area contributed by atoms with Gasteiger partial charge in [0.1, 0.15) is 0 Å². The molecular formula is C10H20ClN5. The highest BCUT2D eigenvalue weighted by Gasteiger charge is 2.32. The van der Waals surface area contributed by atoms with E-state index in [1.165, 1.54) is 6.42 Å². The summed E-state index contributed by atoms with van der Waals surface area (Å²) < 4.78 is 1.83. The summed E-state index contributed by atoms with van der Waals surface area (Å²) in [6.45, 7) is 6.16. The molecule has 0 spiro atoms. The highest BCUT2D eigenvalue weighted by Crippen LogP contribution is 2.29. The van der Waals surface area contributed by atoms with Crippen molar-refractivity contribution in [3.8, 4) is 0 Å². The second-order valence-corrected chi connectivity index (χ2v) is 4.82. The molecular weight excluding hydrogens is 226 g/mol. The van der Waals surface area contributed by atoms with Crippen LogP contribution in [0.15, 0.2) is 6.20 Å². The zero-order valence-corrected chi connectivity index (χ0v) is 10.7. The minimum atomic E-state index is 0. The molecule has 0 aliphatic carbocycles. The number of aryl methyl sites for hydroxylation is 1. The first kappa shape index (κ1) is 13.4. The highest BCUT2D eigenvalue weighted by atomic mass is 35.5. The van der Waals surface area contributed by atoms with Crippen LogP contribution in [0.5, 0.6) is 0 Å². The lowest BCUT2D eigenvalue weighted by molar-refractivity contribution is 0.269. The maximum absolute atomic E-state index is 5.78. The van der Waals surface area contributed by atoms with Crippen molar-refractivity contribution in [1.29, 1.82) is 0 Å². The van der Waals surface area contributed by atoms with Crippen molar-refractivity contribution in [2.75, 3.05) is 19.6 Å². The number of likely N-dealkylation sites (tertiary alicyclic amines) is 1. The minimum absolute atomic E-state index is 0. The summed E-state index contributed by atoms with van der Waals surface area (Å²) in [5.74, 6) is 0. The zero-order chi connectivity index (χ0) is 10.9. The van der Waals surface area contributed by atoms with Crippen LogP contribution in [0.2, 0.25) is 0 Å². The number of aromatic nitrogens is 3. The van der Waals surface area contributed by atoms with Gasteiger partial charge in [-0.15, -0.1) is 17.5 Å². The predicted molar refractivity (Wildman–Crippen MR) is 65.3 cm³/mol. The second kappa shape index (κ2) is 5.12. The summed E-state index contributed by atoms with van der Waals surface area (Å²) in [5.41, 5.74) is 7.24. The van der Waals surface area contributed by atoms with E-state index < -0.39 is 0 Å². The van der Waals surface area contributed by atoms with Gasteiger partial charge in [-0.05, 0) is 24.9 Å². The van der Waals surface area contributed by atoms with E-state index >= 15 is 0 Å². The summed E-state index contributed by atoms with van der Waals surface area (Å²) in [6, 6.07) is 0. The lowest BCUT2D eigenvalue weighted by Crippen LogP contribution is -2.31. The molecule has 1 aromatic rings. The Balaban J connectivity index is 0.00000128. The van der Waals surface area contributed by atoms with Gasteiger partial charge >= 0.3 is 0 Å². The van der Waals surface area contributed by atoms with Crippen LogP contribution in [0.4, 0.5) is 0 Å². The molecule has 1 aliphatic rings. The van der Waals surface area contributed by atoms with Gasteiger partial charge < -0.3 is 5.73 Å². The standard InChI is InChI=1S/C10H19N5.ClH/c1-10(7-11)3-4-15(8-10)6-9-5-12-13-14(9)2;/h5H,3-4,6-8,11H2,1-2H3;1H. The van der Waals surface area contributed by atoms with E-state index in [4.69, 9.17) is 5.73 Å². The van der Waals surface area contributed by atoms with Crippen LogP contribution in [0, 0.1) is 5.41 Å². The molecule has 0 radical (unpaired) electrons. The Morgan fingerprint density at radius 3 is 2.81 bits per heavy atom. The Labute approximate surface area is 102 Å². The Hall–Kier alpha value is -0.650. The second-order valence-electron chi connectivity index (χ2n) is 4.82. The molecule has 1 unspecified atom stereocenters. The van der Waals surface area contributed by atoms with Gasteiger partial charge in [-0.1, -0.05) is 12.1 Å². The number of halogens is 1. The van der Waals surface area contributed by atoms with E-state index in [2.05, 4.69) is 22.1 Å². The minimum Gasteiger partial charge on any atom is -0.330 e. The molecule has 1 aromatic heterocycles. The van der Waals surface area contributed by atoms with Crippen LogP contribution in [0.1, 0.15) is 19.0 Å². The molecule has 2 rings (SSSR count). The first-order chi connectivity index (χ1) is 7.13. The Bertz CT molecular complexity index is 340. The number of hydrogen-bond donors (Lipinski definition) is 1. The molecule has 0 saturated carbocycles. The van der Waals surface area contributed by atoms with Crippen LogP contribution in [-0.4, -0.2) is 39.5 Å². The third kappa shape index (κ3) is 2.72. The Morgan fingerprint density at radius 2 is 2.31 bits per heavy atom. The predicted octanol–water partition coefficient (Wildman–Crippen LogP) is 0.408. The van der Waals surface area contributed by atoms with Gasteiger partial charge in [-0.25, -0.2) is 0 Å². The van der Waals surface area contributed by atoms with Gasteiger partial charge in [0.15, 0.2) is 0 Å². The molecule has 2 N–H and O–H groups in total. The van der Waals surface area contributed by atoms with Gasteiger partial charge in [0.25, 0.3) is 0 Å². The first-order valence-electron chi connectivity index (χ1n) is 5.39. The van der Waals surface area contributed by atoms with Crippen molar-refractivity contribution < 1.29 is 0 Å². The van der Waals surface area contributed by atoms with Crippen molar-refractivity contribution in [2.45, 2.75) is 19.9 Å². The average molecular weight is 246 g/mol. The van der Waals surface area contributed by atoms with Crippen LogP contribution in [-0.2, 0) is 13.6 Å². The topological polar surface area (TPSA) is 60.0 Å². The fourth-order valence-electron chi connectivity index (χ4n) is 2.11. The first-order valence-corrected chi connectivity index (χ1v) is 5.39. The van der Waals surface area contributed by atoms with Crippen molar-refractivity contribution >= 4 is 12.4 Å². The van der Waals surface area contributed by atoms with Crippen molar-refractivity contribution in [1.82, 2.24) is 19.9 Å². The van der Waals surface area contributed by atoms with Crippen LogP contribution >= 0.6 is 12.4 Å². The molecule has 16 heavy (non-hydrogen) atoms. The summed E-state index contributed by atoms with van der Waals surface area (Å²) in [6.07, 6.45) is 3.02. The molecule has 0 amide bonds. The van der Waals surface area contributed by atoms with Crippen LogP contribution in [0.25, 0.3) is 0 Å². The number of rotatable bonds is 3. The molecule has 1 saturated heterocycles. The quantitative estimate of drug-likeness (QED) is 0.838. The lowest BCUT2D eigenvalue weighted by Gasteiger charge is -2.22. The number of nitrogens with zero attached hydrogens (tertiary/aromatic N) is 4. The van der Waals surface area contributed by atoms with Crippen molar-refractivity contribution in [3.05, 3.63) is 11.9 Å². The monoisotopic (exact) mass is 245 g/mol. The molecule has 0 bridgehead atoms. The van der Waals surface area contributed by atoms with E-state index in [-0.39, 0.29) is 12.4 Å². The molecule has 5 nitrogen and oxygen atoms in total. The summed E-state index contributed by atoms with van der Waals surface area (Å²) in [5, 5.41) is 7.81. The van der Waals surface area contributed by atoms with E-state index in [1.54, 1.807) is 0 Å². The molecule has 1 aliphatic heterocycles.